The molecule has 0 saturated carbocycles. The van der Waals surface area contributed by atoms with Gasteiger partial charge in [-0.05, 0) is 25.5 Å². The first kappa shape index (κ1) is 14.3. The molecular weight excluding hydrogens is 254 g/mol. The average Bonchev–Trinajstić information content (AvgIpc) is 2.63. The Kier molecular flexibility index (Phi) is 3.42. The number of allylic oxidation sites excluding steroid dienone is 1. The summed E-state index contributed by atoms with van der Waals surface area (Å²) in [4.78, 5) is 23.9. The Labute approximate surface area is 118 Å². The predicted octanol–water partition coefficient (Wildman–Crippen LogP) is 3.07. The van der Waals surface area contributed by atoms with Crippen molar-refractivity contribution < 1.29 is 14.7 Å². The Bertz CT molecular complexity index is 575. The van der Waals surface area contributed by atoms with Crippen LogP contribution in [0.4, 0.5) is 5.69 Å². The van der Waals surface area contributed by atoms with Gasteiger partial charge in [0.15, 0.2) is 0 Å². The molecule has 0 aliphatic heterocycles. The normalized spacial score (nSPS) is 24.1. The van der Waals surface area contributed by atoms with Crippen LogP contribution in [0.25, 0.3) is 0 Å². The summed E-state index contributed by atoms with van der Waals surface area (Å²) in [5, 5.41) is 12.1. The van der Waals surface area contributed by atoms with Gasteiger partial charge < -0.3 is 10.4 Å². The molecule has 106 valence electrons. The van der Waals surface area contributed by atoms with E-state index < -0.39 is 16.8 Å². The lowest BCUT2D eigenvalue weighted by atomic mass is 9.65. The molecule has 0 saturated heterocycles. The van der Waals surface area contributed by atoms with Gasteiger partial charge in [0, 0.05) is 16.7 Å². The molecule has 1 aliphatic rings. The molecule has 4 nitrogen and oxygen atoms in total. The zero-order valence-electron chi connectivity index (χ0n) is 11.9. The molecule has 2 rings (SSSR count). The lowest BCUT2D eigenvalue weighted by Crippen LogP contribution is -2.44. The van der Waals surface area contributed by atoms with Crippen molar-refractivity contribution in [2.75, 3.05) is 5.32 Å². The molecule has 4 heteroatoms. The van der Waals surface area contributed by atoms with Gasteiger partial charge in [-0.15, -0.1) is 0 Å². The first-order valence-electron chi connectivity index (χ1n) is 6.59. The van der Waals surface area contributed by atoms with Gasteiger partial charge >= 0.3 is 5.97 Å². The highest BCUT2D eigenvalue weighted by molar-refractivity contribution is 5.99. The molecule has 0 radical (unpaired) electrons. The summed E-state index contributed by atoms with van der Waals surface area (Å²) < 4.78 is 0. The number of anilines is 1. The van der Waals surface area contributed by atoms with E-state index >= 15 is 0 Å². The first-order valence-corrected chi connectivity index (χ1v) is 6.59. The number of carbonyl (C=O) groups is 2. The van der Waals surface area contributed by atoms with Crippen molar-refractivity contribution >= 4 is 17.6 Å². The van der Waals surface area contributed by atoms with Crippen LogP contribution in [0.3, 0.4) is 0 Å². The molecule has 0 fully saturated rings. The van der Waals surface area contributed by atoms with E-state index in [4.69, 9.17) is 0 Å². The van der Waals surface area contributed by atoms with Crippen molar-refractivity contribution in [2.45, 2.75) is 27.2 Å². The zero-order valence-corrected chi connectivity index (χ0v) is 11.9. The van der Waals surface area contributed by atoms with E-state index in [1.165, 1.54) is 0 Å². The predicted molar refractivity (Wildman–Crippen MR) is 77.3 cm³/mol. The van der Waals surface area contributed by atoms with E-state index in [0.29, 0.717) is 12.0 Å². The van der Waals surface area contributed by atoms with Crippen LogP contribution in [0.5, 0.6) is 0 Å². The second kappa shape index (κ2) is 4.78. The van der Waals surface area contributed by atoms with Crippen LogP contribution in [-0.4, -0.2) is 17.0 Å². The number of benzene rings is 1. The minimum atomic E-state index is -0.953. The Hall–Kier alpha value is -2.10. The third kappa shape index (κ3) is 2.11. The lowest BCUT2D eigenvalue weighted by Gasteiger charge is -2.38. The fraction of sp³-hybridized carbons (Fsp3) is 0.375. The van der Waals surface area contributed by atoms with Crippen LogP contribution in [0.1, 0.15) is 27.2 Å². The monoisotopic (exact) mass is 273 g/mol. The van der Waals surface area contributed by atoms with Crippen molar-refractivity contribution in [3.05, 3.63) is 42.0 Å². The second-order valence-electron chi connectivity index (χ2n) is 5.90. The largest absolute Gasteiger partial charge is 0.478 e. The van der Waals surface area contributed by atoms with Crippen molar-refractivity contribution in [3.8, 4) is 0 Å². The Morgan fingerprint density at radius 2 is 1.75 bits per heavy atom. The summed E-state index contributed by atoms with van der Waals surface area (Å²) >= 11 is 0. The van der Waals surface area contributed by atoms with E-state index in [9.17, 15) is 14.7 Å². The molecular formula is C16H19NO3. The molecule has 1 aromatic carbocycles. The third-order valence-corrected chi connectivity index (χ3v) is 4.53. The number of carbonyl (C=O) groups excluding carboxylic acids is 1. The highest BCUT2D eigenvalue weighted by Crippen LogP contribution is 2.53. The summed E-state index contributed by atoms with van der Waals surface area (Å²) in [6, 6.07) is 9.20. The van der Waals surface area contributed by atoms with E-state index in [-0.39, 0.29) is 5.91 Å². The third-order valence-electron chi connectivity index (χ3n) is 4.53. The molecule has 1 unspecified atom stereocenters. The molecule has 1 amide bonds. The molecule has 20 heavy (non-hydrogen) atoms. The van der Waals surface area contributed by atoms with Gasteiger partial charge in [-0.25, -0.2) is 4.79 Å². The van der Waals surface area contributed by atoms with Crippen molar-refractivity contribution in [1.82, 2.24) is 0 Å². The molecule has 0 aromatic heterocycles. The van der Waals surface area contributed by atoms with Gasteiger partial charge in [0.2, 0.25) is 5.91 Å². The fourth-order valence-corrected chi connectivity index (χ4v) is 2.64. The van der Waals surface area contributed by atoms with Crippen LogP contribution in [0.2, 0.25) is 0 Å². The quantitative estimate of drug-likeness (QED) is 0.889. The molecule has 2 N–H and O–H groups in total. The maximum Gasteiger partial charge on any atom is 0.331 e. The maximum absolute atomic E-state index is 12.6. The molecule has 1 atom stereocenters. The van der Waals surface area contributed by atoms with Crippen LogP contribution >= 0.6 is 0 Å². The number of amides is 1. The van der Waals surface area contributed by atoms with Gasteiger partial charge in [-0.3, -0.25) is 4.79 Å². The van der Waals surface area contributed by atoms with Crippen molar-refractivity contribution in [2.24, 2.45) is 10.8 Å². The number of hydrogen-bond donors (Lipinski definition) is 2. The SMILES string of the molecule is CC1(C)C(C(=O)O)=CCC1(C)C(=O)Nc1ccccc1. The maximum atomic E-state index is 12.6. The molecule has 1 aliphatic carbocycles. The molecule has 0 bridgehead atoms. The highest BCUT2D eigenvalue weighted by atomic mass is 16.4. The van der Waals surface area contributed by atoms with Gasteiger partial charge in [0.25, 0.3) is 0 Å². The summed E-state index contributed by atoms with van der Waals surface area (Å²) in [7, 11) is 0. The number of hydrogen-bond acceptors (Lipinski definition) is 2. The van der Waals surface area contributed by atoms with E-state index in [1.807, 2.05) is 51.1 Å². The molecule has 0 spiro atoms. The standard InChI is InChI=1S/C16H19NO3/c1-15(2)12(13(18)19)9-10-16(15,3)14(20)17-11-7-5-4-6-8-11/h4-9H,10H2,1-3H3,(H,17,20)(H,18,19). The fourth-order valence-electron chi connectivity index (χ4n) is 2.64. The Balaban J connectivity index is 2.25. The first-order chi connectivity index (χ1) is 9.29. The van der Waals surface area contributed by atoms with Gasteiger partial charge in [-0.1, -0.05) is 38.1 Å². The average molecular weight is 273 g/mol. The number of nitrogens with one attached hydrogen (secondary N) is 1. The van der Waals surface area contributed by atoms with E-state index in [1.54, 1.807) is 6.08 Å². The molecule has 0 heterocycles. The summed E-state index contributed by atoms with van der Waals surface area (Å²) in [5.74, 6) is -1.10. The smallest absolute Gasteiger partial charge is 0.331 e. The second-order valence-corrected chi connectivity index (χ2v) is 5.90. The summed E-state index contributed by atoms with van der Waals surface area (Å²) in [6.07, 6.45) is 2.09. The number of carboxylic acid groups (broad SMARTS) is 1. The van der Waals surface area contributed by atoms with Crippen LogP contribution in [-0.2, 0) is 9.59 Å². The van der Waals surface area contributed by atoms with Crippen molar-refractivity contribution in [1.29, 1.82) is 0 Å². The zero-order chi connectivity index (χ0) is 15.0. The summed E-state index contributed by atoms with van der Waals surface area (Å²) in [6.45, 7) is 5.44. The Morgan fingerprint density at radius 3 is 2.25 bits per heavy atom. The topological polar surface area (TPSA) is 66.4 Å². The van der Waals surface area contributed by atoms with Gasteiger partial charge in [0.1, 0.15) is 0 Å². The van der Waals surface area contributed by atoms with Crippen LogP contribution in [0.15, 0.2) is 42.0 Å². The Morgan fingerprint density at radius 1 is 1.15 bits per heavy atom. The lowest BCUT2D eigenvalue weighted by molar-refractivity contribution is -0.135. The number of para-hydroxylation sites is 1. The van der Waals surface area contributed by atoms with Gasteiger partial charge in [0.05, 0.1) is 5.41 Å². The number of carboxylic acids is 1. The van der Waals surface area contributed by atoms with Crippen LogP contribution in [0, 0.1) is 10.8 Å². The van der Waals surface area contributed by atoms with Crippen molar-refractivity contribution in [3.63, 3.8) is 0 Å². The van der Waals surface area contributed by atoms with E-state index in [2.05, 4.69) is 5.32 Å². The van der Waals surface area contributed by atoms with Crippen LogP contribution < -0.4 is 5.32 Å². The molecule has 1 aromatic rings. The minimum absolute atomic E-state index is 0.152. The number of rotatable bonds is 3. The minimum Gasteiger partial charge on any atom is -0.478 e. The number of aliphatic carboxylic acids is 1. The van der Waals surface area contributed by atoms with E-state index in [0.717, 1.165) is 5.69 Å². The summed E-state index contributed by atoms with van der Waals surface area (Å²) in [5.41, 5.74) is -0.449. The van der Waals surface area contributed by atoms with Gasteiger partial charge in [-0.2, -0.15) is 0 Å². The highest BCUT2D eigenvalue weighted by Gasteiger charge is 2.53.